The fraction of sp³-hybridized carbons (Fsp3) is 0.214. The molecule has 0 spiro atoms. The first-order valence-corrected chi connectivity index (χ1v) is 12.1. The number of carbonyl (C=O) groups excluding carboxylic acids is 3. The number of nitrogens with zero attached hydrogens (tertiary/aromatic N) is 2. The molecule has 13 nitrogen and oxygen atoms in total. The maximum absolute atomic E-state index is 13.1. The number of hydrogen-bond donors (Lipinski definition) is 4. The predicted molar refractivity (Wildman–Crippen MR) is 142 cm³/mol. The van der Waals surface area contributed by atoms with Gasteiger partial charge >= 0.3 is 23.9 Å². The molecule has 0 saturated heterocycles. The van der Waals surface area contributed by atoms with Crippen LogP contribution in [0.2, 0.25) is 0 Å². The van der Waals surface area contributed by atoms with Crippen molar-refractivity contribution in [2.45, 2.75) is 24.8 Å². The molecule has 5 N–H and O–H groups in total. The number of anilines is 1. The van der Waals surface area contributed by atoms with Gasteiger partial charge in [-0.3, -0.25) is 14.5 Å². The lowest BCUT2D eigenvalue weighted by atomic mass is 9.81. The third-order valence-electron chi connectivity index (χ3n) is 6.25. The molecule has 1 aliphatic rings. The van der Waals surface area contributed by atoms with E-state index >= 15 is 0 Å². The topological polar surface area (TPSA) is 209 Å². The molecule has 41 heavy (non-hydrogen) atoms. The van der Waals surface area contributed by atoms with Gasteiger partial charge in [-0.05, 0) is 36.2 Å². The zero-order valence-electron chi connectivity index (χ0n) is 22.0. The highest BCUT2D eigenvalue weighted by atomic mass is 16.5. The van der Waals surface area contributed by atoms with Crippen LogP contribution >= 0.6 is 0 Å². The van der Waals surface area contributed by atoms with E-state index in [1.807, 2.05) is 6.07 Å². The Hall–Kier alpha value is -5.64. The molecule has 0 fully saturated rings. The summed E-state index contributed by atoms with van der Waals surface area (Å²) in [6.07, 6.45) is -0.792. The zero-order valence-corrected chi connectivity index (χ0v) is 22.0. The number of allylic oxidation sites excluding steroid dienone is 1. The molecule has 1 amide bonds. The largest absolute Gasteiger partial charge is 0.481 e. The van der Waals surface area contributed by atoms with E-state index in [0.717, 1.165) is 19.1 Å². The van der Waals surface area contributed by atoms with Crippen molar-refractivity contribution in [1.29, 1.82) is 5.26 Å². The second kappa shape index (κ2) is 12.9. The molecule has 1 aliphatic heterocycles. The van der Waals surface area contributed by atoms with Crippen molar-refractivity contribution in [3.05, 3.63) is 88.4 Å². The fourth-order valence-electron chi connectivity index (χ4n) is 4.31. The van der Waals surface area contributed by atoms with Crippen molar-refractivity contribution in [3.63, 3.8) is 0 Å². The van der Waals surface area contributed by atoms with Gasteiger partial charge in [0.15, 0.2) is 0 Å². The van der Waals surface area contributed by atoms with Crippen molar-refractivity contribution in [2.24, 2.45) is 5.73 Å². The number of nitrogens with one attached hydrogen (secondary N) is 1. The lowest BCUT2D eigenvalue weighted by molar-refractivity contribution is -0.140. The number of amides is 1. The average Bonchev–Trinajstić information content (AvgIpc) is 2.97. The normalized spacial score (nSPS) is 15.4. The maximum atomic E-state index is 13.1. The molecule has 3 rings (SSSR count). The molecule has 212 valence electrons. The smallest absolute Gasteiger partial charge is 0.355 e. The van der Waals surface area contributed by atoms with E-state index in [-0.39, 0.29) is 40.3 Å². The molecule has 0 bridgehead atoms. The van der Waals surface area contributed by atoms with Gasteiger partial charge in [0, 0.05) is 17.7 Å². The van der Waals surface area contributed by atoms with Crippen molar-refractivity contribution < 1.29 is 43.7 Å². The monoisotopic (exact) mass is 562 g/mol. The number of nitrogens with two attached hydrogens (primary N) is 1. The Morgan fingerprint density at radius 2 is 1.61 bits per heavy atom. The number of nitriles is 1. The summed E-state index contributed by atoms with van der Waals surface area (Å²) in [5.41, 5.74) is 6.56. The lowest BCUT2D eigenvalue weighted by Crippen LogP contribution is -2.41. The molecular formula is C28H26N4O9. The summed E-state index contributed by atoms with van der Waals surface area (Å²) >= 11 is 0. The Morgan fingerprint density at radius 3 is 2.12 bits per heavy atom. The first kappa shape index (κ1) is 29.9. The molecule has 2 atom stereocenters. The molecule has 13 heteroatoms. The molecule has 0 saturated carbocycles. The van der Waals surface area contributed by atoms with E-state index in [9.17, 15) is 34.3 Å². The quantitative estimate of drug-likeness (QED) is 0.305. The maximum Gasteiger partial charge on any atom is 0.355 e. The highest BCUT2D eigenvalue weighted by Crippen LogP contribution is 2.43. The Morgan fingerprint density at radius 1 is 1.00 bits per heavy atom. The number of hydrogen-bond acceptors (Lipinski definition) is 10. The summed E-state index contributed by atoms with van der Waals surface area (Å²) in [5.74, 6) is -6.49. The van der Waals surface area contributed by atoms with E-state index in [1.165, 1.54) is 24.3 Å². The number of carboxylic acid groups (broad SMARTS) is 2. The van der Waals surface area contributed by atoms with Crippen LogP contribution in [0.3, 0.4) is 0 Å². The van der Waals surface area contributed by atoms with Crippen LogP contribution in [-0.2, 0) is 28.7 Å². The van der Waals surface area contributed by atoms with Crippen LogP contribution in [-0.4, -0.2) is 60.3 Å². The Kier molecular flexibility index (Phi) is 9.44. The van der Waals surface area contributed by atoms with Crippen molar-refractivity contribution >= 4 is 35.5 Å². The highest BCUT2D eigenvalue weighted by Gasteiger charge is 2.43. The minimum Gasteiger partial charge on any atom is -0.481 e. The molecular weight excluding hydrogens is 536 g/mol. The van der Waals surface area contributed by atoms with Crippen LogP contribution in [0.4, 0.5) is 5.69 Å². The third-order valence-corrected chi connectivity index (χ3v) is 6.25. The fourth-order valence-corrected chi connectivity index (χ4v) is 4.31. The van der Waals surface area contributed by atoms with Crippen LogP contribution in [0, 0.1) is 11.3 Å². The van der Waals surface area contributed by atoms with Crippen LogP contribution in [0.25, 0.3) is 0 Å². The molecule has 2 aromatic rings. The molecule has 0 radical (unpaired) electrons. The van der Waals surface area contributed by atoms with Gasteiger partial charge in [0.2, 0.25) is 0 Å². The Balaban J connectivity index is 2.11. The number of aliphatic carboxylic acids is 2. The SMILES string of the molecule is COC(=O)C1=C(C(=O)OC)N(c2ccc(C(=O)NC(CCC(=O)O)C(=O)O)cc2)C(N)=C(C#N)C1c1ccccc1. The van der Waals surface area contributed by atoms with E-state index < -0.39 is 48.2 Å². The van der Waals surface area contributed by atoms with Crippen molar-refractivity contribution in [3.8, 4) is 6.07 Å². The number of carbonyl (C=O) groups is 5. The molecule has 2 unspecified atom stereocenters. The summed E-state index contributed by atoms with van der Waals surface area (Å²) in [4.78, 5) is 62.3. The first-order chi connectivity index (χ1) is 19.5. The summed E-state index contributed by atoms with van der Waals surface area (Å²) in [6.45, 7) is 0. The van der Waals surface area contributed by atoms with Crippen LogP contribution in [0.15, 0.2) is 77.3 Å². The van der Waals surface area contributed by atoms with Gasteiger partial charge in [-0.1, -0.05) is 30.3 Å². The van der Waals surface area contributed by atoms with Gasteiger partial charge < -0.3 is 30.7 Å². The summed E-state index contributed by atoms with van der Waals surface area (Å²) in [5, 5.41) is 30.5. The highest BCUT2D eigenvalue weighted by molar-refractivity contribution is 6.06. The van der Waals surface area contributed by atoms with Crippen molar-refractivity contribution in [2.75, 3.05) is 19.1 Å². The number of rotatable bonds is 10. The number of methoxy groups -OCH3 is 2. The lowest BCUT2D eigenvalue weighted by Gasteiger charge is -2.35. The summed E-state index contributed by atoms with van der Waals surface area (Å²) < 4.78 is 9.95. The van der Waals surface area contributed by atoms with Crippen LogP contribution in [0.1, 0.15) is 34.7 Å². The van der Waals surface area contributed by atoms with Crippen LogP contribution in [0.5, 0.6) is 0 Å². The van der Waals surface area contributed by atoms with Gasteiger partial charge in [-0.2, -0.15) is 5.26 Å². The first-order valence-electron chi connectivity index (χ1n) is 12.1. The Bertz CT molecular complexity index is 1470. The number of esters is 2. The number of carboxylic acids is 2. The minimum atomic E-state index is -1.44. The van der Waals surface area contributed by atoms with Gasteiger partial charge in [0.1, 0.15) is 17.6 Å². The minimum absolute atomic E-state index is 0.00865. The van der Waals surface area contributed by atoms with Gasteiger partial charge in [0.25, 0.3) is 5.91 Å². The predicted octanol–water partition coefficient (Wildman–Crippen LogP) is 1.63. The van der Waals surface area contributed by atoms with E-state index in [0.29, 0.717) is 5.56 Å². The second-order valence-electron chi connectivity index (χ2n) is 8.68. The van der Waals surface area contributed by atoms with Gasteiger partial charge in [-0.25, -0.2) is 14.4 Å². The molecule has 1 heterocycles. The molecule has 0 aliphatic carbocycles. The molecule has 0 aromatic heterocycles. The van der Waals surface area contributed by atoms with E-state index in [2.05, 4.69) is 5.32 Å². The van der Waals surface area contributed by atoms with E-state index in [4.69, 9.17) is 20.3 Å². The summed E-state index contributed by atoms with van der Waals surface area (Å²) in [6, 6.07) is 14.4. The van der Waals surface area contributed by atoms with Crippen LogP contribution < -0.4 is 16.0 Å². The third kappa shape index (κ3) is 6.34. The summed E-state index contributed by atoms with van der Waals surface area (Å²) in [7, 11) is 2.23. The van der Waals surface area contributed by atoms with Crippen molar-refractivity contribution in [1.82, 2.24) is 5.32 Å². The van der Waals surface area contributed by atoms with E-state index in [1.54, 1.807) is 30.3 Å². The second-order valence-corrected chi connectivity index (χ2v) is 8.68. The zero-order chi connectivity index (χ0) is 30.3. The Labute approximate surface area is 234 Å². The molecule has 2 aromatic carbocycles. The van der Waals surface area contributed by atoms with Gasteiger partial charge in [-0.15, -0.1) is 0 Å². The standard InChI is InChI=1S/C28H26N4O9/c1-40-27(38)22-21(15-6-4-3-5-7-15)18(14-29)24(30)32(23(22)28(39)41-2)17-10-8-16(9-11-17)25(35)31-19(26(36)37)12-13-20(33)34/h3-11,19,21H,12-13,30H2,1-2H3,(H,31,35)(H,33,34)(H,36,37). The number of ether oxygens (including phenoxy) is 2. The van der Waals surface area contributed by atoms with Gasteiger partial charge in [0.05, 0.1) is 37.4 Å². The number of benzene rings is 2. The average molecular weight is 563 g/mol.